The van der Waals surface area contributed by atoms with E-state index < -0.39 is 0 Å². The second-order valence-electron chi connectivity index (χ2n) is 10.7. The predicted octanol–water partition coefficient (Wildman–Crippen LogP) is 8.59. The molecule has 3 N–H and O–H groups in total. The molecule has 41 heavy (non-hydrogen) atoms. The van der Waals surface area contributed by atoms with Crippen LogP contribution in [0.2, 0.25) is 0 Å². The zero-order valence-electron chi connectivity index (χ0n) is 23.2. The maximum absolute atomic E-state index is 14.0. The summed E-state index contributed by atoms with van der Waals surface area (Å²) in [5.74, 6) is 0.229. The lowest BCUT2D eigenvalue weighted by molar-refractivity contribution is 0.405. The number of rotatable bonds is 8. The third kappa shape index (κ3) is 5.48. The maximum Gasteiger partial charge on any atom is 0.181 e. The van der Waals surface area contributed by atoms with Crippen LogP contribution in [0.3, 0.4) is 0 Å². The molecule has 7 heteroatoms. The van der Waals surface area contributed by atoms with Crippen LogP contribution in [0.1, 0.15) is 48.9 Å². The van der Waals surface area contributed by atoms with Crippen molar-refractivity contribution in [1.29, 1.82) is 0 Å². The summed E-state index contributed by atoms with van der Waals surface area (Å²) in [7, 11) is 0. The third-order valence-corrected chi connectivity index (χ3v) is 7.88. The lowest BCUT2D eigenvalue weighted by Crippen LogP contribution is -2.14. The van der Waals surface area contributed by atoms with Gasteiger partial charge in [0.1, 0.15) is 5.82 Å². The maximum atomic E-state index is 14.0. The van der Waals surface area contributed by atoms with Crippen molar-refractivity contribution in [3.05, 3.63) is 115 Å². The Labute approximate surface area is 239 Å². The highest BCUT2D eigenvalue weighted by Crippen LogP contribution is 2.35. The van der Waals surface area contributed by atoms with E-state index in [1.807, 2.05) is 37.7 Å². The number of halogens is 1. The van der Waals surface area contributed by atoms with Gasteiger partial charge in [0, 0.05) is 45.9 Å². The van der Waals surface area contributed by atoms with Crippen LogP contribution in [0, 0.1) is 18.7 Å². The van der Waals surface area contributed by atoms with Crippen molar-refractivity contribution in [2.75, 3.05) is 5.32 Å². The number of anilines is 1. The lowest BCUT2D eigenvalue weighted by atomic mass is 9.87. The zero-order valence-corrected chi connectivity index (χ0v) is 23.2. The average molecular weight is 545 g/mol. The van der Waals surface area contributed by atoms with Crippen LogP contribution in [0.4, 0.5) is 10.1 Å². The molecule has 5 aromatic rings. The number of pyridine rings is 2. The monoisotopic (exact) mass is 544 g/mol. The fourth-order valence-corrected chi connectivity index (χ4v) is 5.76. The Bertz CT molecular complexity index is 1770. The van der Waals surface area contributed by atoms with Gasteiger partial charge < -0.3 is 10.3 Å². The van der Waals surface area contributed by atoms with Gasteiger partial charge in [-0.1, -0.05) is 56.7 Å². The molecule has 0 saturated heterocycles. The number of H-pyrrole nitrogens is 2. The highest BCUT2D eigenvalue weighted by Gasteiger charge is 2.18. The van der Waals surface area contributed by atoms with Crippen LogP contribution in [-0.2, 0) is 0 Å². The summed E-state index contributed by atoms with van der Waals surface area (Å²) in [5.41, 5.74) is 9.77. The number of aromatic amines is 2. The molecule has 0 radical (unpaired) electrons. The molecule has 1 aliphatic rings. The fraction of sp³-hybridized carbons (Fsp3) is 0.206. The first kappa shape index (κ1) is 26.4. The Morgan fingerprint density at radius 1 is 1.05 bits per heavy atom. The smallest absolute Gasteiger partial charge is 0.181 e. The first-order valence-corrected chi connectivity index (χ1v) is 14.0. The van der Waals surface area contributed by atoms with E-state index >= 15 is 0 Å². The zero-order chi connectivity index (χ0) is 28.3. The number of aromatic nitrogens is 5. The SMILES string of the molecule is C=C/C=C(/c1cccc(F)c1)c1cc(-c2[nH]nc3ncc(-c4cncc(NC(=C)C5CCCCC5)c4)cc23)[nH]c1C. The second-order valence-corrected chi connectivity index (χ2v) is 10.7. The number of benzene rings is 1. The molecular weight excluding hydrogens is 511 g/mol. The summed E-state index contributed by atoms with van der Waals surface area (Å²) in [5, 5.41) is 12.0. The fourth-order valence-electron chi connectivity index (χ4n) is 5.76. The number of hydrogen-bond acceptors (Lipinski definition) is 4. The first-order chi connectivity index (χ1) is 20.0. The summed E-state index contributed by atoms with van der Waals surface area (Å²) in [6.45, 7) is 10.2. The minimum absolute atomic E-state index is 0.281. The van der Waals surface area contributed by atoms with Crippen molar-refractivity contribution in [3.8, 4) is 22.5 Å². The molecule has 6 rings (SSSR count). The number of aryl methyl sites for hydroxylation is 1. The summed E-state index contributed by atoms with van der Waals surface area (Å²) in [6.07, 6.45) is 15.3. The molecule has 1 aromatic carbocycles. The van der Waals surface area contributed by atoms with Gasteiger partial charge in [-0.25, -0.2) is 9.37 Å². The molecule has 1 fully saturated rings. The Morgan fingerprint density at radius 2 is 1.88 bits per heavy atom. The largest absolute Gasteiger partial charge is 0.358 e. The Balaban J connectivity index is 1.32. The average Bonchev–Trinajstić information content (AvgIpc) is 3.59. The van der Waals surface area contributed by atoms with Crippen molar-refractivity contribution in [1.82, 2.24) is 25.1 Å². The topological polar surface area (TPSA) is 82.3 Å². The van der Waals surface area contributed by atoms with E-state index in [9.17, 15) is 4.39 Å². The van der Waals surface area contributed by atoms with Crippen molar-refractivity contribution in [2.24, 2.45) is 5.92 Å². The summed E-state index contributed by atoms with van der Waals surface area (Å²) in [4.78, 5) is 12.6. The summed E-state index contributed by atoms with van der Waals surface area (Å²) >= 11 is 0. The standard InChI is InChI=1S/C34H33FN6/c1-4-9-29(24-12-8-13-27(35)14-24)30-17-32(39-22(30)3)33-31-16-26(19-37-34(31)41-40-33)25-15-28(20-36-18-25)38-21(2)23-10-6-5-7-11-23/h4,8-9,12-20,23,38-39H,1-2,5-7,10-11H2,3H3,(H,37,40,41)/b29-9-. The van der Waals surface area contributed by atoms with E-state index in [1.54, 1.807) is 12.1 Å². The van der Waals surface area contributed by atoms with Crippen molar-refractivity contribution in [2.45, 2.75) is 39.0 Å². The van der Waals surface area contributed by atoms with Gasteiger partial charge in [0.15, 0.2) is 5.65 Å². The molecule has 1 aliphatic carbocycles. The summed E-state index contributed by atoms with van der Waals surface area (Å²) in [6, 6.07) is 12.8. The van der Waals surface area contributed by atoms with E-state index in [-0.39, 0.29) is 5.82 Å². The van der Waals surface area contributed by atoms with Crippen LogP contribution in [-0.4, -0.2) is 25.1 Å². The van der Waals surface area contributed by atoms with Crippen molar-refractivity contribution < 1.29 is 4.39 Å². The highest BCUT2D eigenvalue weighted by molar-refractivity contribution is 5.94. The van der Waals surface area contributed by atoms with Gasteiger partial charge in [0.2, 0.25) is 0 Å². The Hall–Kier alpha value is -4.78. The quantitative estimate of drug-likeness (QED) is 0.171. The molecule has 4 heterocycles. The highest BCUT2D eigenvalue weighted by atomic mass is 19.1. The van der Waals surface area contributed by atoms with Crippen LogP contribution < -0.4 is 5.32 Å². The molecule has 0 atom stereocenters. The first-order valence-electron chi connectivity index (χ1n) is 14.0. The molecule has 0 amide bonds. The van der Waals surface area contributed by atoms with Crippen LogP contribution in [0.25, 0.3) is 39.1 Å². The van der Waals surface area contributed by atoms with E-state index in [2.05, 4.69) is 61.8 Å². The van der Waals surface area contributed by atoms with E-state index in [1.165, 1.54) is 44.2 Å². The van der Waals surface area contributed by atoms with Gasteiger partial charge in [0.25, 0.3) is 0 Å². The lowest BCUT2D eigenvalue weighted by Gasteiger charge is -2.24. The minimum Gasteiger partial charge on any atom is -0.358 e. The van der Waals surface area contributed by atoms with Crippen molar-refractivity contribution in [3.63, 3.8) is 0 Å². The second kappa shape index (κ2) is 11.4. The number of nitrogens with zero attached hydrogens (tertiary/aromatic N) is 3. The van der Waals surface area contributed by atoms with Gasteiger partial charge in [0.05, 0.1) is 23.3 Å². The molecule has 6 nitrogen and oxygen atoms in total. The number of hydrogen-bond donors (Lipinski definition) is 3. The third-order valence-electron chi connectivity index (χ3n) is 7.88. The number of nitrogens with one attached hydrogen (secondary N) is 3. The number of allylic oxidation sites excluding steroid dienone is 3. The van der Waals surface area contributed by atoms with Crippen LogP contribution in [0.5, 0.6) is 0 Å². The Kier molecular flexibility index (Phi) is 7.33. The van der Waals surface area contributed by atoms with Gasteiger partial charge in [-0.15, -0.1) is 0 Å². The van der Waals surface area contributed by atoms with Gasteiger partial charge >= 0.3 is 0 Å². The molecule has 0 bridgehead atoms. The van der Waals surface area contributed by atoms with Crippen LogP contribution >= 0.6 is 0 Å². The Morgan fingerprint density at radius 3 is 2.68 bits per heavy atom. The molecule has 206 valence electrons. The van der Waals surface area contributed by atoms with Crippen molar-refractivity contribution >= 4 is 22.3 Å². The van der Waals surface area contributed by atoms with E-state index in [0.717, 1.165) is 61.7 Å². The predicted molar refractivity (Wildman–Crippen MR) is 165 cm³/mol. The van der Waals surface area contributed by atoms with Gasteiger partial charge in [-0.05, 0) is 67.2 Å². The van der Waals surface area contributed by atoms with Gasteiger partial charge in [-0.2, -0.15) is 5.10 Å². The normalized spacial score (nSPS) is 14.3. The molecular formula is C34H33FN6. The molecule has 1 saturated carbocycles. The molecule has 0 aliphatic heterocycles. The van der Waals surface area contributed by atoms with Gasteiger partial charge in [-0.3, -0.25) is 10.1 Å². The van der Waals surface area contributed by atoms with E-state index in [0.29, 0.717) is 11.6 Å². The molecule has 4 aromatic heterocycles. The molecule has 0 spiro atoms. The summed E-state index contributed by atoms with van der Waals surface area (Å²) < 4.78 is 14.0. The number of fused-ring (bicyclic) bond motifs is 1. The molecule has 0 unspecified atom stereocenters. The minimum atomic E-state index is -0.281. The van der Waals surface area contributed by atoms with Crippen LogP contribution in [0.15, 0.2) is 92.1 Å². The van der Waals surface area contributed by atoms with E-state index in [4.69, 9.17) is 0 Å².